The fraction of sp³-hybridized carbons (Fsp3) is 0.412. The van der Waals surface area contributed by atoms with Gasteiger partial charge in [-0.3, -0.25) is 0 Å². The number of allylic oxidation sites excluding steroid dienone is 1. The molecule has 0 bridgehead atoms. The van der Waals surface area contributed by atoms with Crippen LogP contribution in [-0.4, -0.2) is 41.3 Å². The molecule has 6 heteroatoms. The van der Waals surface area contributed by atoms with Crippen LogP contribution in [0.3, 0.4) is 0 Å². The number of aromatic carboxylic acids is 1. The van der Waals surface area contributed by atoms with Crippen LogP contribution in [-0.2, 0) is 4.74 Å². The van der Waals surface area contributed by atoms with Gasteiger partial charge in [0, 0.05) is 25.9 Å². The SMILES string of the molecule is C=C(C)OC(=O)N1CCC(Oc2cc(C)ccc2C(=O)O)CC1. The van der Waals surface area contributed by atoms with Crippen molar-refractivity contribution in [2.24, 2.45) is 0 Å². The number of likely N-dealkylation sites (tertiary alicyclic amines) is 1. The van der Waals surface area contributed by atoms with Crippen molar-refractivity contribution >= 4 is 12.1 Å². The third-order valence-electron chi connectivity index (χ3n) is 3.62. The van der Waals surface area contributed by atoms with Gasteiger partial charge in [0.15, 0.2) is 0 Å². The number of ether oxygens (including phenoxy) is 2. The quantitative estimate of drug-likeness (QED) is 0.862. The Morgan fingerprint density at radius 3 is 2.52 bits per heavy atom. The van der Waals surface area contributed by atoms with Crippen molar-refractivity contribution in [2.45, 2.75) is 32.8 Å². The maximum atomic E-state index is 11.8. The summed E-state index contributed by atoms with van der Waals surface area (Å²) in [6.45, 7) is 8.06. The standard InChI is InChI=1S/C17H21NO5/c1-11(2)22-17(21)18-8-6-13(7-9-18)23-15-10-12(3)4-5-14(15)16(19)20/h4-5,10,13H,1,6-9H2,2-3H3,(H,19,20). The molecule has 0 spiro atoms. The van der Waals surface area contributed by atoms with Gasteiger partial charge in [-0.2, -0.15) is 0 Å². The van der Waals surface area contributed by atoms with Crippen molar-refractivity contribution in [3.8, 4) is 5.75 Å². The number of amides is 1. The summed E-state index contributed by atoms with van der Waals surface area (Å²) in [7, 11) is 0. The summed E-state index contributed by atoms with van der Waals surface area (Å²) >= 11 is 0. The number of aryl methyl sites for hydroxylation is 1. The summed E-state index contributed by atoms with van der Waals surface area (Å²) in [6.07, 6.45) is 0.720. The molecule has 0 saturated carbocycles. The molecule has 1 fully saturated rings. The van der Waals surface area contributed by atoms with Gasteiger partial charge >= 0.3 is 12.1 Å². The summed E-state index contributed by atoms with van der Waals surface area (Å²) < 4.78 is 10.8. The van der Waals surface area contributed by atoms with E-state index in [1.807, 2.05) is 6.92 Å². The first-order valence-corrected chi connectivity index (χ1v) is 7.49. The minimum atomic E-state index is -1.01. The molecule has 1 aromatic carbocycles. The molecule has 1 aromatic rings. The van der Waals surface area contributed by atoms with E-state index in [9.17, 15) is 14.7 Å². The first-order valence-electron chi connectivity index (χ1n) is 7.49. The summed E-state index contributed by atoms with van der Waals surface area (Å²) in [5.74, 6) is -0.276. The van der Waals surface area contributed by atoms with E-state index in [1.165, 1.54) is 0 Å². The van der Waals surface area contributed by atoms with Crippen molar-refractivity contribution < 1.29 is 24.2 Å². The zero-order valence-electron chi connectivity index (χ0n) is 13.4. The number of nitrogens with zero attached hydrogens (tertiary/aromatic N) is 1. The first-order chi connectivity index (χ1) is 10.9. The lowest BCUT2D eigenvalue weighted by atomic mass is 10.1. The van der Waals surface area contributed by atoms with E-state index >= 15 is 0 Å². The molecule has 1 aliphatic rings. The van der Waals surface area contributed by atoms with E-state index in [4.69, 9.17) is 9.47 Å². The molecule has 2 rings (SSSR count). The van der Waals surface area contributed by atoms with Crippen LogP contribution in [0.4, 0.5) is 4.79 Å². The number of piperidine rings is 1. The van der Waals surface area contributed by atoms with Gasteiger partial charge < -0.3 is 19.5 Å². The minimum Gasteiger partial charge on any atom is -0.489 e. The Morgan fingerprint density at radius 2 is 1.96 bits per heavy atom. The molecule has 1 amide bonds. The maximum absolute atomic E-state index is 11.8. The number of carbonyl (C=O) groups excluding carboxylic acids is 1. The summed E-state index contributed by atoms with van der Waals surface area (Å²) in [5.41, 5.74) is 1.09. The number of hydrogen-bond acceptors (Lipinski definition) is 4. The average Bonchev–Trinajstić information content (AvgIpc) is 2.47. The Hall–Kier alpha value is -2.50. The van der Waals surface area contributed by atoms with Crippen molar-refractivity contribution in [1.29, 1.82) is 0 Å². The molecular formula is C17H21NO5. The summed E-state index contributed by atoms with van der Waals surface area (Å²) in [5, 5.41) is 9.23. The second-order valence-corrected chi connectivity index (χ2v) is 5.68. The molecule has 1 N–H and O–H groups in total. The second-order valence-electron chi connectivity index (χ2n) is 5.68. The van der Waals surface area contributed by atoms with E-state index in [-0.39, 0.29) is 11.7 Å². The lowest BCUT2D eigenvalue weighted by molar-refractivity contribution is 0.0674. The molecule has 6 nitrogen and oxygen atoms in total. The zero-order chi connectivity index (χ0) is 17.0. The van der Waals surface area contributed by atoms with Gasteiger partial charge in [-0.05, 0) is 31.5 Å². The number of benzene rings is 1. The van der Waals surface area contributed by atoms with Crippen molar-refractivity contribution in [3.05, 3.63) is 41.7 Å². The molecular weight excluding hydrogens is 298 g/mol. The monoisotopic (exact) mass is 319 g/mol. The van der Waals surface area contributed by atoms with Crippen LogP contribution in [0.2, 0.25) is 0 Å². The lowest BCUT2D eigenvalue weighted by Crippen LogP contribution is -2.42. The number of carboxylic acids is 1. The molecule has 124 valence electrons. The van der Waals surface area contributed by atoms with E-state index in [0.29, 0.717) is 37.4 Å². The summed E-state index contributed by atoms with van der Waals surface area (Å²) in [4.78, 5) is 24.6. The fourth-order valence-corrected chi connectivity index (χ4v) is 2.45. The second kappa shape index (κ2) is 7.17. The van der Waals surface area contributed by atoms with Crippen LogP contribution in [0.1, 0.15) is 35.7 Å². The van der Waals surface area contributed by atoms with Crippen LogP contribution in [0.15, 0.2) is 30.5 Å². The van der Waals surface area contributed by atoms with Gasteiger partial charge in [-0.1, -0.05) is 12.6 Å². The smallest absolute Gasteiger partial charge is 0.414 e. The Kier molecular flexibility index (Phi) is 5.26. The summed E-state index contributed by atoms with van der Waals surface area (Å²) in [6, 6.07) is 5.02. The number of carboxylic acid groups (broad SMARTS) is 1. The molecule has 1 saturated heterocycles. The van der Waals surface area contributed by atoms with Crippen LogP contribution >= 0.6 is 0 Å². The highest BCUT2D eigenvalue weighted by Crippen LogP contribution is 2.25. The van der Waals surface area contributed by atoms with Gasteiger partial charge in [0.2, 0.25) is 0 Å². The van der Waals surface area contributed by atoms with Gasteiger partial charge in [-0.25, -0.2) is 9.59 Å². The highest BCUT2D eigenvalue weighted by molar-refractivity contribution is 5.91. The number of carbonyl (C=O) groups is 2. The normalized spacial score (nSPS) is 15.1. The predicted octanol–water partition coefficient (Wildman–Crippen LogP) is 3.21. The van der Waals surface area contributed by atoms with E-state index in [0.717, 1.165) is 5.56 Å². The van der Waals surface area contributed by atoms with E-state index < -0.39 is 12.1 Å². The first kappa shape index (κ1) is 16.9. The van der Waals surface area contributed by atoms with E-state index in [2.05, 4.69) is 6.58 Å². The minimum absolute atomic E-state index is 0.122. The third kappa shape index (κ3) is 4.48. The van der Waals surface area contributed by atoms with Gasteiger partial charge in [-0.15, -0.1) is 0 Å². The molecule has 0 aromatic heterocycles. The highest BCUT2D eigenvalue weighted by atomic mass is 16.6. The van der Waals surface area contributed by atoms with Crippen molar-refractivity contribution in [1.82, 2.24) is 4.90 Å². The Morgan fingerprint density at radius 1 is 1.30 bits per heavy atom. The van der Waals surface area contributed by atoms with Crippen LogP contribution in [0.25, 0.3) is 0 Å². The maximum Gasteiger partial charge on any atom is 0.414 e. The number of hydrogen-bond donors (Lipinski definition) is 1. The lowest BCUT2D eigenvalue weighted by Gasteiger charge is -2.31. The molecule has 0 atom stereocenters. The molecule has 1 heterocycles. The predicted molar refractivity (Wildman–Crippen MR) is 84.7 cm³/mol. The highest BCUT2D eigenvalue weighted by Gasteiger charge is 2.26. The van der Waals surface area contributed by atoms with Gasteiger partial charge in [0.1, 0.15) is 17.4 Å². The van der Waals surface area contributed by atoms with Gasteiger partial charge in [0.25, 0.3) is 0 Å². The molecule has 0 unspecified atom stereocenters. The topological polar surface area (TPSA) is 76.1 Å². The molecule has 0 radical (unpaired) electrons. The van der Waals surface area contributed by atoms with Crippen molar-refractivity contribution in [2.75, 3.05) is 13.1 Å². The van der Waals surface area contributed by atoms with Crippen LogP contribution < -0.4 is 4.74 Å². The molecule has 1 aliphatic heterocycles. The zero-order valence-corrected chi connectivity index (χ0v) is 13.4. The van der Waals surface area contributed by atoms with E-state index in [1.54, 1.807) is 30.0 Å². The molecule has 23 heavy (non-hydrogen) atoms. The molecule has 0 aliphatic carbocycles. The third-order valence-corrected chi connectivity index (χ3v) is 3.62. The van der Waals surface area contributed by atoms with Crippen LogP contribution in [0.5, 0.6) is 5.75 Å². The fourth-order valence-electron chi connectivity index (χ4n) is 2.45. The average molecular weight is 319 g/mol. The number of rotatable bonds is 4. The Labute approximate surface area is 135 Å². The Balaban J connectivity index is 1.97. The Bertz CT molecular complexity index is 617. The van der Waals surface area contributed by atoms with Crippen molar-refractivity contribution in [3.63, 3.8) is 0 Å². The van der Waals surface area contributed by atoms with Crippen LogP contribution in [0, 0.1) is 6.92 Å². The van der Waals surface area contributed by atoms with Gasteiger partial charge in [0.05, 0.1) is 5.76 Å². The largest absolute Gasteiger partial charge is 0.489 e.